The summed E-state index contributed by atoms with van der Waals surface area (Å²) in [5.41, 5.74) is -0.0832. The van der Waals surface area contributed by atoms with Crippen molar-refractivity contribution in [3.63, 3.8) is 0 Å². The molecule has 0 atom stereocenters. The minimum atomic E-state index is -0.0832. The van der Waals surface area contributed by atoms with Gasteiger partial charge >= 0.3 is 0 Å². The van der Waals surface area contributed by atoms with Gasteiger partial charge in [0.1, 0.15) is 17.5 Å². The molecule has 4 heteroatoms. The highest BCUT2D eigenvalue weighted by molar-refractivity contribution is 5.40. The summed E-state index contributed by atoms with van der Waals surface area (Å²) in [4.78, 5) is 10.8. The van der Waals surface area contributed by atoms with Gasteiger partial charge < -0.3 is 4.90 Å². The van der Waals surface area contributed by atoms with Gasteiger partial charge in [0.15, 0.2) is 0 Å². The summed E-state index contributed by atoms with van der Waals surface area (Å²) in [6.07, 6.45) is 4.13. The van der Waals surface area contributed by atoms with Gasteiger partial charge in [-0.2, -0.15) is 0 Å². The van der Waals surface area contributed by atoms with Crippen molar-refractivity contribution in [2.75, 3.05) is 18.0 Å². The van der Waals surface area contributed by atoms with E-state index in [1.54, 1.807) is 12.3 Å². The quantitative estimate of drug-likeness (QED) is 0.749. The second kappa shape index (κ2) is 4.43. The number of rotatable bonds is 1. The van der Waals surface area contributed by atoms with E-state index in [1.165, 1.54) is 0 Å². The van der Waals surface area contributed by atoms with E-state index in [0.29, 0.717) is 6.54 Å². The van der Waals surface area contributed by atoms with Crippen LogP contribution in [0.15, 0.2) is 24.2 Å². The normalized spacial score (nSPS) is 16.9. The zero-order valence-corrected chi connectivity index (χ0v) is 10.6. The average Bonchev–Trinajstić information content (AvgIpc) is 2.28. The number of anilines is 1. The van der Waals surface area contributed by atoms with Gasteiger partial charge in [-0.25, -0.2) is 14.4 Å². The Labute approximate surface area is 101 Å². The lowest BCUT2D eigenvalue weighted by Crippen LogP contribution is -2.30. The molecule has 0 fully saturated rings. The number of hydrogen-bond donors (Lipinski definition) is 0. The highest BCUT2D eigenvalue weighted by atomic mass is 19.1. The second-order valence-corrected chi connectivity index (χ2v) is 5.35. The molecule has 2 heterocycles. The van der Waals surface area contributed by atoms with Crippen molar-refractivity contribution in [1.82, 2.24) is 9.97 Å². The Kier molecular flexibility index (Phi) is 3.13. The summed E-state index contributed by atoms with van der Waals surface area (Å²) >= 11 is 0. The Morgan fingerprint density at radius 3 is 2.76 bits per heavy atom. The molecule has 3 nitrogen and oxygen atoms in total. The molecule has 0 radical (unpaired) electrons. The van der Waals surface area contributed by atoms with E-state index >= 15 is 0 Å². The molecule has 17 heavy (non-hydrogen) atoms. The molecule has 0 aliphatic carbocycles. The van der Waals surface area contributed by atoms with Crippen molar-refractivity contribution < 1.29 is 4.39 Å². The van der Waals surface area contributed by atoms with Crippen LogP contribution in [0.3, 0.4) is 0 Å². The van der Waals surface area contributed by atoms with Crippen LogP contribution < -0.4 is 4.90 Å². The van der Waals surface area contributed by atoms with Crippen molar-refractivity contribution in [3.8, 4) is 0 Å². The van der Waals surface area contributed by atoms with E-state index in [9.17, 15) is 4.39 Å². The van der Waals surface area contributed by atoms with Crippen molar-refractivity contribution in [2.24, 2.45) is 0 Å². The Morgan fingerprint density at radius 2 is 2.12 bits per heavy atom. The number of hydrogen-bond acceptors (Lipinski definition) is 3. The highest BCUT2D eigenvalue weighted by Crippen LogP contribution is 2.22. The van der Waals surface area contributed by atoms with Crippen LogP contribution in [0.1, 0.15) is 33.0 Å². The van der Waals surface area contributed by atoms with E-state index in [0.717, 1.165) is 24.6 Å². The third-order valence-electron chi connectivity index (χ3n) is 2.74. The third-order valence-corrected chi connectivity index (χ3v) is 2.74. The highest BCUT2D eigenvalue weighted by Gasteiger charge is 2.20. The van der Waals surface area contributed by atoms with Gasteiger partial charge in [0.25, 0.3) is 0 Å². The maximum atomic E-state index is 13.2. The molecular formula is C13H18FN3. The van der Waals surface area contributed by atoms with E-state index in [4.69, 9.17) is 0 Å². The van der Waals surface area contributed by atoms with Gasteiger partial charge in [0, 0.05) is 18.2 Å². The first kappa shape index (κ1) is 12.0. The predicted octanol–water partition coefficient (Wildman–Crippen LogP) is 2.84. The molecule has 0 bridgehead atoms. The maximum Gasteiger partial charge on any atom is 0.135 e. The molecule has 0 spiro atoms. The summed E-state index contributed by atoms with van der Waals surface area (Å²) in [6.45, 7) is 7.35. The fraction of sp³-hybridized carbons (Fsp3) is 0.538. The Balaban J connectivity index is 2.25. The SMILES string of the molecule is CC(C)(C)c1nccc(N2CCC=C(F)C2)n1. The maximum absolute atomic E-state index is 13.2. The number of halogens is 1. The molecule has 1 aliphatic rings. The molecule has 1 aliphatic heterocycles. The Bertz CT molecular complexity index is 435. The van der Waals surface area contributed by atoms with Crippen LogP contribution in [-0.4, -0.2) is 23.1 Å². The molecular weight excluding hydrogens is 217 g/mol. The first-order valence-electron chi connectivity index (χ1n) is 5.90. The summed E-state index contributed by atoms with van der Waals surface area (Å²) in [5.74, 6) is 1.53. The molecule has 0 unspecified atom stereocenters. The molecule has 0 saturated heterocycles. The molecule has 1 aromatic heterocycles. The van der Waals surface area contributed by atoms with Crippen molar-refractivity contribution in [3.05, 3.63) is 30.0 Å². The van der Waals surface area contributed by atoms with Crippen LogP contribution in [-0.2, 0) is 5.41 Å². The van der Waals surface area contributed by atoms with E-state index < -0.39 is 0 Å². The van der Waals surface area contributed by atoms with Gasteiger partial charge in [-0.05, 0) is 18.6 Å². The topological polar surface area (TPSA) is 29.0 Å². The molecule has 0 saturated carbocycles. The predicted molar refractivity (Wildman–Crippen MR) is 66.8 cm³/mol. The summed E-state index contributed by atoms with van der Waals surface area (Å²) in [7, 11) is 0. The van der Waals surface area contributed by atoms with Crippen LogP contribution in [0.2, 0.25) is 0 Å². The van der Waals surface area contributed by atoms with Gasteiger partial charge in [-0.15, -0.1) is 0 Å². The third kappa shape index (κ3) is 2.81. The Morgan fingerprint density at radius 1 is 1.35 bits per heavy atom. The summed E-state index contributed by atoms with van der Waals surface area (Å²) in [5, 5.41) is 0. The molecule has 2 rings (SSSR count). The van der Waals surface area contributed by atoms with E-state index in [-0.39, 0.29) is 11.2 Å². The first-order chi connectivity index (χ1) is 7.97. The van der Waals surface area contributed by atoms with Crippen molar-refractivity contribution in [2.45, 2.75) is 32.6 Å². The first-order valence-corrected chi connectivity index (χ1v) is 5.90. The summed E-state index contributed by atoms with van der Waals surface area (Å²) in [6, 6.07) is 1.84. The van der Waals surface area contributed by atoms with Gasteiger partial charge in [-0.1, -0.05) is 20.8 Å². The minimum Gasteiger partial charge on any atom is -0.350 e. The largest absolute Gasteiger partial charge is 0.350 e. The van der Waals surface area contributed by atoms with Crippen LogP contribution >= 0.6 is 0 Å². The molecule has 1 aromatic rings. The van der Waals surface area contributed by atoms with Crippen LogP contribution in [0.5, 0.6) is 0 Å². The fourth-order valence-corrected chi connectivity index (χ4v) is 1.79. The van der Waals surface area contributed by atoms with E-state index in [2.05, 4.69) is 30.7 Å². The van der Waals surface area contributed by atoms with Gasteiger partial charge in [0.05, 0.1) is 6.54 Å². The lowest BCUT2D eigenvalue weighted by molar-refractivity contribution is 0.539. The van der Waals surface area contributed by atoms with Crippen LogP contribution in [0, 0.1) is 0 Å². The van der Waals surface area contributed by atoms with Gasteiger partial charge in [0.2, 0.25) is 0 Å². The zero-order valence-electron chi connectivity index (χ0n) is 10.6. The number of aromatic nitrogens is 2. The van der Waals surface area contributed by atoms with Crippen LogP contribution in [0.4, 0.5) is 10.2 Å². The van der Waals surface area contributed by atoms with Gasteiger partial charge in [-0.3, -0.25) is 0 Å². The molecule has 0 aromatic carbocycles. The average molecular weight is 235 g/mol. The standard InChI is InChI=1S/C13H18FN3/c1-13(2,3)12-15-7-6-11(16-12)17-8-4-5-10(14)9-17/h5-7H,4,8-9H2,1-3H3. The lowest BCUT2D eigenvalue weighted by Gasteiger charge is -2.27. The van der Waals surface area contributed by atoms with E-state index in [1.807, 2.05) is 11.0 Å². The van der Waals surface area contributed by atoms with Crippen molar-refractivity contribution >= 4 is 5.82 Å². The minimum absolute atomic E-state index is 0.0767. The molecule has 0 N–H and O–H groups in total. The van der Waals surface area contributed by atoms with Crippen molar-refractivity contribution in [1.29, 1.82) is 0 Å². The molecule has 0 amide bonds. The monoisotopic (exact) mass is 235 g/mol. The zero-order chi connectivity index (χ0) is 12.5. The second-order valence-electron chi connectivity index (χ2n) is 5.35. The smallest absolute Gasteiger partial charge is 0.135 e. The molecule has 92 valence electrons. The lowest BCUT2D eigenvalue weighted by atomic mass is 9.96. The fourth-order valence-electron chi connectivity index (χ4n) is 1.79. The number of nitrogens with zero attached hydrogens (tertiary/aromatic N) is 3. The Hall–Kier alpha value is -1.45. The van der Waals surface area contributed by atoms with Crippen LogP contribution in [0.25, 0.3) is 0 Å². The summed E-state index contributed by atoms with van der Waals surface area (Å²) < 4.78 is 13.2.